The Hall–Kier alpha value is -0.910. The van der Waals surface area contributed by atoms with E-state index in [2.05, 4.69) is 5.10 Å². The maximum Gasteiger partial charge on any atom is 0.213 e. The molecule has 0 fully saturated rings. The van der Waals surface area contributed by atoms with E-state index in [1.807, 2.05) is 19.0 Å². The summed E-state index contributed by atoms with van der Waals surface area (Å²) < 4.78 is 1.55. The maximum atomic E-state index is 12.2. The predicted molar refractivity (Wildman–Crippen MR) is 71.0 cm³/mol. The van der Waals surface area contributed by atoms with Crippen molar-refractivity contribution in [2.45, 2.75) is 32.4 Å². The summed E-state index contributed by atoms with van der Waals surface area (Å²) in [6, 6.07) is 0. The van der Waals surface area contributed by atoms with E-state index in [9.17, 15) is 9.90 Å². The zero-order chi connectivity index (χ0) is 13.9. The first kappa shape index (κ1) is 15.1. The Morgan fingerprint density at radius 1 is 1.61 bits per heavy atom. The van der Waals surface area contributed by atoms with Gasteiger partial charge in [0.25, 0.3) is 0 Å². The highest BCUT2D eigenvalue weighted by Crippen LogP contribution is 2.23. The van der Waals surface area contributed by atoms with Gasteiger partial charge in [-0.3, -0.25) is 9.48 Å². The fourth-order valence-electron chi connectivity index (χ4n) is 1.47. The molecule has 0 aliphatic heterocycles. The lowest BCUT2D eigenvalue weighted by atomic mass is 9.95. The van der Waals surface area contributed by atoms with Gasteiger partial charge in [0.15, 0.2) is 0 Å². The van der Waals surface area contributed by atoms with Gasteiger partial charge < -0.3 is 10.0 Å². The number of ketones is 1. The van der Waals surface area contributed by atoms with Crippen molar-refractivity contribution in [3.05, 3.63) is 16.9 Å². The van der Waals surface area contributed by atoms with Crippen molar-refractivity contribution in [2.75, 3.05) is 20.6 Å². The molecule has 0 bridgehead atoms. The Morgan fingerprint density at radius 3 is 2.72 bits per heavy atom. The van der Waals surface area contributed by atoms with E-state index < -0.39 is 5.60 Å². The van der Waals surface area contributed by atoms with Crippen molar-refractivity contribution < 1.29 is 9.90 Å². The Balaban J connectivity index is 3.01. The fraction of sp³-hybridized carbons (Fsp3) is 0.667. The number of nitrogens with zero attached hydrogens (tertiary/aromatic N) is 3. The average Bonchev–Trinajstić information content (AvgIpc) is 2.66. The minimum Gasteiger partial charge on any atom is -0.382 e. The number of Topliss-reactive ketones (excluding diaryl/α,β-unsaturated/α-hetero) is 1. The van der Waals surface area contributed by atoms with Crippen LogP contribution in [-0.4, -0.2) is 51.8 Å². The molecule has 0 saturated heterocycles. The van der Waals surface area contributed by atoms with Gasteiger partial charge in [-0.15, -0.1) is 0 Å². The van der Waals surface area contributed by atoms with Gasteiger partial charge in [0.05, 0.1) is 17.8 Å². The summed E-state index contributed by atoms with van der Waals surface area (Å²) in [6.07, 6.45) is 1.78. The fourth-order valence-corrected chi connectivity index (χ4v) is 1.70. The molecule has 1 aromatic heterocycles. The molecule has 5 nitrogen and oxygen atoms in total. The average molecular weight is 274 g/mol. The zero-order valence-corrected chi connectivity index (χ0v) is 12.0. The first-order valence-electron chi connectivity index (χ1n) is 5.92. The molecule has 18 heavy (non-hydrogen) atoms. The topological polar surface area (TPSA) is 58.4 Å². The van der Waals surface area contributed by atoms with Crippen LogP contribution in [0.1, 0.15) is 30.8 Å². The molecule has 0 aromatic carbocycles. The van der Waals surface area contributed by atoms with E-state index in [1.54, 1.807) is 11.6 Å². The molecule has 1 heterocycles. The Kier molecular flexibility index (Phi) is 4.90. The molecule has 6 heteroatoms. The Morgan fingerprint density at radius 2 is 2.22 bits per heavy atom. The maximum absolute atomic E-state index is 12.2. The molecule has 0 amide bonds. The number of aromatic nitrogens is 2. The van der Waals surface area contributed by atoms with Gasteiger partial charge in [-0.2, -0.15) is 5.10 Å². The smallest absolute Gasteiger partial charge is 0.213 e. The summed E-state index contributed by atoms with van der Waals surface area (Å²) in [5.41, 5.74) is -1.12. The van der Waals surface area contributed by atoms with Crippen LogP contribution in [-0.2, 0) is 6.54 Å². The Labute approximate surface area is 112 Å². The van der Waals surface area contributed by atoms with Crippen molar-refractivity contribution in [1.82, 2.24) is 14.7 Å². The van der Waals surface area contributed by atoms with Gasteiger partial charge in [-0.25, -0.2) is 0 Å². The van der Waals surface area contributed by atoms with Crippen LogP contribution in [0.2, 0.25) is 5.02 Å². The third-order valence-electron chi connectivity index (χ3n) is 2.95. The first-order valence-corrected chi connectivity index (χ1v) is 6.30. The first-order chi connectivity index (χ1) is 8.29. The molecule has 102 valence electrons. The molecule has 1 N–H and O–H groups in total. The lowest BCUT2D eigenvalue weighted by molar-refractivity contribution is 0.0379. The van der Waals surface area contributed by atoms with Crippen LogP contribution in [0, 0.1) is 0 Å². The molecule has 0 spiro atoms. The quantitative estimate of drug-likeness (QED) is 0.797. The van der Waals surface area contributed by atoms with Gasteiger partial charge in [0.1, 0.15) is 11.3 Å². The summed E-state index contributed by atoms with van der Waals surface area (Å²) in [4.78, 5) is 14.2. The van der Waals surface area contributed by atoms with Crippen LogP contribution < -0.4 is 0 Å². The number of hydrogen-bond acceptors (Lipinski definition) is 4. The number of carbonyl (C=O) groups is 1. The highest BCUT2D eigenvalue weighted by molar-refractivity contribution is 6.34. The molecule has 1 rings (SSSR count). The van der Waals surface area contributed by atoms with Crippen LogP contribution in [0.5, 0.6) is 0 Å². The summed E-state index contributed by atoms with van der Waals surface area (Å²) in [5, 5.41) is 14.4. The second-order valence-corrected chi connectivity index (χ2v) is 5.23. The molecular formula is C12H20ClN3O2. The molecule has 0 radical (unpaired) electrons. The van der Waals surface area contributed by atoms with Gasteiger partial charge in [0.2, 0.25) is 5.78 Å². The third kappa shape index (κ3) is 3.31. The van der Waals surface area contributed by atoms with Crippen LogP contribution in [0.15, 0.2) is 6.20 Å². The van der Waals surface area contributed by atoms with Crippen molar-refractivity contribution in [1.29, 1.82) is 0 Å². The summed E-state index contributed by atoms with van der Waals surface area (Å²) in [7, 11) is 3.88. The highest BCUT2D eigenvalue weighted by Gasteiger charge is 2.33. The van der Waals surface area contributed by atoms with Crippen LogP contribution in [0.3, 0.4) is 0 Å². The standard InChI is InChI=1S/C12H20ClN3O2/c1-5-12(2,18)11(17)10-9(13)8-14-16(10)7-6-15(3)4/h8,18H,5-7H2,1-4H3. The number of halogens is 1. The van der Waals surface area contributed by atoms with E-state index >= 15 is 0 Å². The molecular weight excluding hydrogens is 254 g/mol. The van der Waals surface area contributed by atoms with Crippen molar-refractivity contribution >= 4 is 17.4 Å². The second kappa shape index (κ2) is 5.82. The number of carbonyl (C=O) groups excluding carboxylic acids is 1. The highest BCUT2D eigenvalue weighted by atomic mass is 35.5. The number of aliphatic hydroxyl groups is 1. The van der Waals surface area contributed by atoms with Gasteiger partial charge >= 0.3 is 0 Å². The van der Waals surface area contributed by atoms with E-state index in [1.165, 1.54) is 13.1 Å². The summed E-state index contributed by atoms with van der Waals surface area (Å²) in [5.74, 6) is -0.383. The SMILES string of the molecule is CCC(C)(O)C(=O)c1c(Cl)cnn1CCN(C)C. The van der Waals surface area contributed by atoms with E-state index in [-0.39, 0.29) is 16.5 Å². The van der Waals surface area contributed by atoms with Gasteiger partial charge in [-0.1, -0.05) is 18.5 Å². The largest absolute Gasteiger partial charge is 0.382 e. The molecule has 0 saturated carbocycles. The number of likely N-dealkylation sites (N-methyl/N-ethyl adjacent to an activating group) is 1. The summed E-state index contributed by atoms with van der Waals surface area (Å²) >= 11 is 5.99. The molecule has 1 aromatic rings. The lowest BCUT2D eigenvalue weighted by Gasteiger charge is -2.20. The third-order valence-corrected chi connectivity index (χ3v) is 3.22. The van der Waals surface area contributed by atoms with Gasteiger partial charge in [0, 0.05) is 6.54 Å². The minimum atomic E-state index is -1.40. The van der Waals surface area contributed by atoms with E-state index in [0.29, 0.717) is 13.0 Å². The molecule has 0 aliphatic rings. The van der Waals surface area contributed by atoms with E-state index in [4.69, 9.17) is 11.6 Å². The van der Waals surface area contributed by atoms with Crippen molar-refractivity contribution in [3.63, 3.8) is 0 Å². The monoisotopic (exact) mass is 273 g/mol. The molecule has 0 aliphatic carbocycles. The summed E-state index contributed by atoms with van der Waals surface area (Å²) in [6.45, 7) is 4.55. The minimum absolute atomic E-state index is 0.283. The Bertz CT molecular complexity index is 427. The van der Waals surface area contributed by atoms with Crippen LogP contribution in [0.25, 0.3) is 0 Å². The normalized spacial score (nSPS) is 14.8. The number of rotatable bonds is 6. The van der Waals surface area contributed by atoms with Gasteiger partial charge in [-0.05, 0) is 27.4 Å². The molecule has 1 unspecified atom stereocenters. The lowest BCUT2D eigenvalue weighted by Crippen LogP contribution is -2.36. The predicted octanol–water partition coefficient (Wildman–Crippen LogP) is 1.44. The van der Waals surface area contributed by atoms with Crippen molar-refractivity contribution in [2.24, 2.45) is 0 Å². The van der Waals surface area contributed by atoms with Crippen LogP contribution >= 0.6 is 11.6 Å². The van der Waals surface area contributed by atoms with Crippen molar-refractivity contribution in [3.8, 4) is 0 Å². The zero-order valence-electron chi connectivity index (χ0n) is 11.3. The second-order valence-electron chi connectivity index (χ2n) is 4.82. The van der Waals surface area contributed by atoms with Crippen LogP contribution in [0.4, 0.5) is 0 Å². The number of hydrogen-bond donors (Lipinski definition) is 1. The van der Waals surface area contributed by atoms with E-state index in [0.717, 1.165) is 6.54 Å². The molecule has 1 atom stereocenters.